The lowest BCUT2D eigenvalue weighted by Gasteiger charge is -2.48. The molecule has 13 aromatic rings. The predicted octanol–water partition coefficient (Wildman–Crippen LogP) is 23.8. The zero-order valence-electron chi connectivity index (χ0n) is 59.3. The fraction of sp³-hybridized carbons (Fsp3) is 0.179. The van der Waals surface area contributed by atoms with Crippen LogP contribution in [0.2, 0.25) is 0 Å². The van der Waals surface area contributed by atoms with Crippen molar-refractivity contribution >= 4 is 74.3 Å². The monoisotopic (exact) mass is 1280 g/mol. The van der Waals surface area contributed by atoms with Crippen molar-refractivity contribution in [1.29, 1.82) is 0 Å². The van der Waals surface area contributed by atoms with Gasteiger partial charge in [0.05, 0.1) is 11.1 Å². The van der Waals surface area contributed by atoms with Crippen LogP contribution in [0, 0.1) is 0 Å². The fourth-order valence-electron chi connectivity index (χ4n) is 16.2. The lowest BCUT2D eigenvalue weighted by molar-refractivity contribution is 0.590. The Hall–Kier alpha value is -10.7. The molecule has 2 aliphatic heterocycles. The van der Waals surface area contributed by atoms with E-state index in [9.17, 15) is 0 Å². The maximum Gasteiger partial charge on any atom is 0.247 e. The van der Waals surface area contributed by atoms with Gasteiger partial charge in [-0.3, -0.25) is 0 Å². The Morgan fingerprint density at radius 3 is 1.03 bits per heavy atom. The first kappa shape index (κ1) is 63.1. The Balaban J connectivity index is 1.05. The quantitative estimate of drug-likeness (QED) is 0.126. The van der Waals surface area contributed by atoms with Gasteiger partial charge >= 0.3 is 0 Å². The number of benzene rings is 13. The number of rotatable bonds is 10. The topological polar surface area (TPSA) is 9.72 Å². The molecule has 3 nitrogen and oxygen atoms in total. The molecule has 4 heteroatoms. The van der Waals surface area contributed by atoms with Crippen molar-refractivity contribution in [2.75, 3.05) is 14.7 Å². The third-order valence-corrected chi connectivity index (χ3v) is 21.4. The van der Waals surface area contributed by atoms with E-state index < -0.39 is 5.41 Å². The molecule has 99 heavy (non-hydrogen) atoms. The molecule has 0 amide bonds. The van der Waals surface area contributed by atoms with Gasteiger partial charge in [-0.1, -0.05) is 307 Å². The molecule has 0 unspecified atom stereocenters. The highest BCUT2D eigenvalue weighted by molar-refractivity contribution is 6.99. The number of para-hydroxylation sites is 1. The summed E-state index contributed by atoms with van der Waals surface area (Å²) in [7, 11) is 0. The highest BCUT2D eigenvalue weighted by Crippen LogP contribution is 2.60. The van der Waals surface area contributed by atoms with E-state index >= 15 is 0 Å². The summed E-state index contributed by atoms with van der Waals surface area (Å²) in [6.07, 6.45) is 0. The van der Waals surface area contributed by atoms with Crippen LogP contribution in [-0.4, -0.2) is 6.71 Å². The molecule has 16 rings (SSSR count). The second-order valence-corrected chi connectivity index (χ2v) is 31.7. The molecule has 0 saturated carbocycles. The van der Waals surface area contributed by atoms with E-state index in [0.29, 0.717) is 0 Å². The summed E-state index contributed by atoms with van der Waals surface area (Å²) in [6.45, 7) is 27.4. The Bertz CT molecular complexity index is 4980. The maximum absolute atomic E-state index is 2.71. The molecule has 1 aliphatic carbocycles. The van der Waals surface area contributed by atoms with Crippen molar-refractivity contribution in [2.24, 2.45) is 0 Å². The van der Waals surface area contributed by atoms with E-state index in [-0.39, 0.29) is 28.4 Å². The lowest BCUT2D eigenvalue weighted by atomic mass is 9.29. The molecule has 1 spiro atoms. The predicted molar refractivity (Wildman–Crippen MR) is 424 cm³/mol. The molecule has 2 heterocycles. The van der Waals surface area contributed by atoms with Crippen LogP contribution in [0.15, 0.2) is 303 Å². The molecular formula is C95H86BN3. The van der Waals surface area contributed by atoms with E-state index in [1.165, 1.54) is 72.0 Å². The van der Waals surface area contributed by atoms with E-state index in [2.05, 4.69) is 401 Å². The normalized spacial score (nSPS) is 13.5. The third-order valence-electron chi connectivity index (χ3n) is 21.4. The minimum atomic E-state index is -0.790. The van der Waals surface area contributed by atoms with Gasteiger partial charge in [0, 0.05) is 56.6 Å². The van der Waals surface area contributed by atoms with E-state index in [1.54, 1.807) is 0 Å². The Morgan fingerprint density at radius 2 is 0.616 bits per heavy atom. The summed E-state index contributed by atoms with van der Waals surface area (Å²) >= 11 is 0. The van der Waals surface area contributed by atoms with Gasteiger partial charge in [-0.25, -0.2) is 0 Å². The molecule has 0 bridgehead atoms. The minimum Gasteiger partial charge on any atom is -0.310 e. The SMILES string of the molecule is CC(C)(C)c1ccc(N(c2ccc(C(C)(C)C)cc2)c2ccc3c(c2)N(c2c(-c4ccccc4)cccc2-c2ccccc2)c2cc(-c4ccccc4)cc4c2B3c2ccc(N(c3ccc(C(C)(C)C)cc3)c3ccc(C(C)(C)C)cc3)cc2C42c3ccccc3-c3ccccc32)cc1. The van der Waals surface area contributed by atoms with Crippen molar-refractivity contribution < 1.29 is 0 Å². The summed E-state index contributed by atoms with van der Waals surface area (Å²) in [4.78, 5) is 7.70. The summed E-state index contributed by atoms with van der Waals surface area (Å²) in [5.74, 6) is 0. The van der Waals surface area contributed by atoms with Crippen molar-refractivity contribution in [3.05, 3.63) is 348 Å². The first-order valence-corrected chi connectivity index (χ1v) is 35.4. The molecule has 0 saturated heterocycles. The zero-order chi connectivity index (χ0) is 68.3. The van der Waals surface area contributed by atoms with E-state index in [4.69, 9.17) is 0 Å². The maximum atomic E-state index is 2.71. The highest BCUT2D eigenvalue weighted by Gasteiger charge is 2.56. The first-order valence-electron chi connectivity index (χ1n) is 35.4. The van der Waals surface area contributed by atoms with Gasteiger partial charge in [0.15, 0.2) is 0 Å². The first-order chi connectivity index (χ1) is 47.6. The van der Waals surface area contributed by atoms with Gasteiger partial charge in [-0.2, -0.15) is 0 Å². The van der Waals surface area contributed by atoms with Crippen LogP contribution in [0.3, 0.4) is 0 Å². The van der Waals surface area contributed by atoms with Crippen molar-refractivity contribution in [1.82, 2.24) is 0 Å². The second-order valence-electron chi connectivity index (χ2n) is 31.7. The van der Waals surface area contributed by atoms with Crippen LogP contribution in [-0.2, 0) is 27.1 Å². The Labute approximate surface area is 587 Å². The Kier molecular flexibility index (Phi) is 15.2. The van der Waals surface area contributed by atoms with Gasteiger partial charge in [0.1, 0.15) is 0 Å². The molecule has 0 N–H and O–H groups in total. The highest BCUT2D eigenvalue weighted by atomic mass is 15.2. The fourth-order valence-corrected chi connectivity index (χ4v) is 16.2. The molecule has 0 aromatic heterocycles. The van der Waals surface area contributed by atoms with Gasteiger partial charge in [0.25, 0.3) is 0 Å². The summed E-state index contributed by atoms with van der Waals surface area (Å²) in [5, 5.41) is 0. The van der Waals surface area contributed by atoms with Crippen LogP contribution >= 0.6 is 0 Å². The van der Waals surface area contributed by atoms with Crippen molar-refractivity contribution in [2.45, 2.75) is 110 Å². The minimum absolute atomic E-state index is 0.0168. The average Bonchev–Trinajstić information content (AvgIpc) is 1.63. The van der Waals surface area contributed by atoms with Crippen LogP contribution < -0.4 is 31.1 Å². The van der Waals surface area contributed by atoms with E-state index in [1.807, 2.05) is 0 Å². The van der Waals surface area contributed by atoms with Crippen LogP contribution in [0.5, 0.6) is 0 Å². The summed E-state index contributed by atoms with van der Waals surface area (Å²) < 4.78 is 0. The summed E-state index contributed by atoms with van der Waals surface area (Å²) in [6, 6.07) is 116. The van der Waals surface area contributed by atoms with Gasteiger partial charge in [-0.15, -0.1) is 0 Å². The molecule has 3 aliphatic rings. The molecule has 13 aromatic carbocycles. The molecular weight excluding hydrogens is 1190 g/mol. The molecule has 484 valence electrons. The average molecular weight is 1280 g/mol. The van der Waals surface area contributed by atoms with Crippen molar-refractivity contribution in [3.63, 3.8) is 0 Å². The van der Waals surface area contributed by atoms with Crippen molar-refractivity contribution in [3.8, 4) is 44.5 Å². The largest absolute Gasteiger partial charge is 0.310 e. The number of hydrogen-bond acceptors (Lipinski definition) is 3. The standard InChI is InChI=1S/C95H86BN3/c1-91(2,3)67-39-47-71(48-40-67)97(72-49-41-68(42-50-72)92(4,5)6)75-55-57-85-83(61-75)95(81-37-24-22-33-79(81)80-34-23-25-38-82(80)95)84-59-66(63-27-16-13-17-28-63)60-88-89(84)96(85)86-58-56-76(98(73-51-43-69(44-52-73)93(7,8)9)74-53-45-70(46-54-74)94(10,11)12)62-87(86)99(88)90-77(64-29-18-14-19-30-64)35-26-36-78(90)65-31-20-15-21-32-65/h13-62H,1-12H3. The second kappa shape index (κ2) is 23.8. The molecule has 0 radical (unpaired) electrons. The van der Waals surface area contributed by atoms with Gasteiger partial charge in [0.2, 0.25) is 6.71 Å². The van der Waals surface area contributed by atoms with Crippen LogP contribution in [0.4, 0.5) is 51.2 Å². The third kappa shape index (κ3) is 10.7. The zero-order valence-corrected chi connectivity index (χ0v) is 59.3. The summed E-state index contributed by atoms with van der Waals surface area (Å²) in [5.41, 5.74) is 32.8. The molecule has 0 fully saturated rings. The lowest BCUT2D eigenvalue weighted by Crippen LogP contribution is -2.65. The van der Waals surface area contributed by atoms with Gasteiger partial charge in [-0.05, 0) is 195 Å². The number of anilines is 9. The molecule has 0 atom stereocenters. The number of fused-ring (bicyclic) bond motifs is 11. The Morgan fingerprint density at radius 1 is 0.263 bits per heavy atom. The number of nitrogens with zero attached hydrogens (tertiary/aromatic N) is 3. The van der Waals surface area contributed by atoms with Gasteiger partial charge < -0.3 is 14.7 Å². The number of hydrogen-bond donors (Lipinski definition) is 0. The van der Waals surface area contributed by atoms with Crippen LogP contribution in [0.25, 0.3) is 44.5 Å². The van der Waals surface area contributed by atoms with E-state index in [0.717, 1.165) is 84.6 Å². The smallest absolute Gasteiger partial charge is 0.247 e. The van der Waals surface area contributed by atoms with Crippen LogP contribution in [0.1, 0.15) is 128 Å².